The van der Waals surface area contributed by atoms with Gasteiger partial charge in [0.2, 0.25) is 5.91 Å². The number of nitrogens with one attached hydrogen (secondary N) is 1. The number of benzene rings is 1. The minimum atomic E-state index is -0.428. The van der Waals surface area contributed by atoms with Gasteiger partial charge in [-0.25, -0.2) is 0 Å². The highest BCUT2D eigenvalue weighted by Gasteiger charge is 2.34. The van der Waals surface area contributed by atoms with E-state index in [1.807, 2.05) is 0 Å². The smallest absolute Gasteiger partial charge is 0.263 e. The van der Waals surface area contributed by atoms with E-state index in [1.165, 1.54) is 0 Å². The lowest BCUT2D eigenvalue weighted by molar-refractivity contribution is -0.119. The van der Waals surface area contributed by atoms with Crippen LogP contribution in [0, 0.1) is 0 Å². The van der Waals surface area contributed by atoms with Crippen LogP contribution in [0.3, 0.4) is 0 Å². The fourth-order valence-electron chi connectivity index (χ4n) is 1.60. The van der Waals surface area contributed by atoms with E-state index in [0.29, 0.717) is 11.1 Å². The molecular formula is C11H9ClN2O3. The van der Waals surface area contributed by atoms with Crippen LogP contribution in [0.25, 0.3) is 0 Å². The van der Waals surface area contributed by atoms with Gasteiger partial charge >= 0.3 is 0 Å². The molecule has 5 nitrogen and oxygen atoms in total. The van der Waals surface area contributed by atoms with E-state index in [2.05, 4.69) is 5.32 Å². The van der Waals surface area contributed by atoms with E-state index in [-0.39, 0.29) is 12.5 Å². The van der Waals surface area contributed by atoms with E-state index in [9.17, 15) is 14.4 Å². The Balaban J connectivity index is 2.16. The molecule has 1 aliphatic rings. The number of alkyl halides is 1. The Morgan fingerprint density at radius 2 is 1.71 bits per heavy atom. The predicted octanol–water partition coefficient (Wildman–Crippen LogP) is 0.595. The number of rotatable bonds is 3. The van der Waals surface area contributed by atoms with Crippen molar-refractivity contribution in [3.63, 3.8) is 0 Å². The molecule has 0 saturated carbocycles. The fourth-order valence-corrected chi connectivity index (χ4v) is 1.69. The number of amides is 3. The van der Waals surface area contributed by atoms with Crippen LogP contribution in [0.1, 0.15) is 20.7 Å². The van der Waals surface area contributed by atoms with Gasteiger partial charge in [0, 0.05) is 0 Å². The van der Waals surface area contributed by atoms with Crippen molar-refractivity contribution in [1.82, 2.24) is 10.2 Å². The molecule has 1 heterocycles. The average Bonchev–Trinajstić information content (AvgIpc) is 2.60. The SMILES string of the molecule is O=C(CCl)NCN1C(=O)c2ccccc2C1=O. The first kappa shape index (κ1) is 11.6. The minimum absolute atomic E-state index is 0.155. The Morgan fingerprint density at radius 3 is 2.18 bits per heavy atom. The molecule has 88 valence electrons. The molecule has 0 unspecified atom stereocenters. The largest absolute Gasteiger partial charge is 0.337 e. The van der Waals surface area contributed by atoms with Gasteiger partial charge in [-0.05, 0) is 12.1 Å². The average molecular weight is 253 g/mol. The van der Waals surface area contributed by atoms with Gasteiger partial charge in [0.1, 0.15) is 12.5 Å². The molecule has 3 amide bonds. The zero-order chi connectivity index (χ0) is 12.4. The number of carbonyl (C=O) groups excluding carboxylic acids is 3. The second-order valence-electron chi connectivity index (χ2n) is 3.48. The van der Waals surface area contributed by atoms with E-state index < -0.39 is 17.7 Å². The standard InChI is InChI=1S/C11H9ClN2O3/c12-5-9(15)13-6-14-10(16)7-3-1-2-4-8(7)11(14)17/h1-4H,5-6H2,(H,13,15). The van der Waals surface area contributed by atoms with E-state index >= 15 is 0 Å². The van der Waals surface area contributed by atoms with Crippen molar-refractivity contribution in [2.45, 2.75) is 0 Å². The molecular weight excluding hydrogens is 244 g/mol. The molecule has 0 atom stereocenters. The van der Waals surface area contributed by atoms with Gasteiger partial charge in [0.25, 0.3) is 11.8 Å². The van der Waals surface area contributed by atoms with Crippen LogP contribution in [0.4, 0.5) is 0 Å². The third-order valence-corrected chi connectivity index (χ3v) is 2.68. The number of hydrogen-bond acceptors (Lipinski definition) is 3. The summed E-state index contributed by atoms with van der Waals surface area (Å²) < 4.78 is 0. The number of nitrogens with zero attached hydrogens (tertiary/aromatic N) is 1. The molecule has 0 radical (unpaired) electrons. The molecule has 2 rings (SSSR count). The van der Waals surface area contributed by atoms with Crippen LogP contribution < -0.4 is 5.32 Å². The lowest BCUT2D eigenvalue weighted by Crippen LogP contribution is -2.41. The van der Waals surface area contributed by atoms with Crippen molar-refractivity contribution in [3.05, 3.63) is 35.4 Å². The summed E-state index contributed by atoms with van der Waals surface area (Å²) in [6.45, 7) is -0.155. The summed E-state index contributed by atoms with van der Waals surface area (Å²) in [6.07, 6.45) is 0. The van der Waals surface area contributed by atoms with Crippen molar-refractivity contribution >= 4 is 29.3 Å². The van der Waals surface area contributed by atoms with Crippen molar-refractivity contribution in [1.29, 1.82) is 0 Å². The first-order valence-corrected chi connectivity index (χ1v) is 5.46. The summed E-state index contributed by atoms with van der Waals surface area (Å²) >= 11 is 5.30. The maximum Gasteiger partial charge on any atom is 0.263 e. The second-order valence-corrected chi connectivity index (χ2v) is 3.74. The molecule has 6 heteroatoms. The lowest BCUT2D eigenvalue weighted by Gasteiger charge is -2.13. The molecule has 17 heavy (non-hydrogen) atoms. The van der Waals surface area contributed by atoms with Gasteiger partial charge in [0.15, 0.2) is 0 Å². The Labute approximate surface area is 102 Å². The zero-order valence-electron chi connectivity index (χ0n) is 8.77. The number of halogens is 1. The summed E-state index contributed by atoms with van der Waals surface area (Å²) in [7, 11) is 0. The van der Waals surface area contributed by atoms with Gasteiger partial charge in [0.05, 0.1) is 11.1 Å². The predicted molar refractivity (Wildman–Crippen MR) is 60.7 cm³/mol. The zero-order valence-corrected chi connectivity index (χ0v) is 9.53. The molecule has 1 aromatic carbocycles. The number of carbonyl (C=O) groups is 3. The van der Waals surface area contributed by atoms with Gasteiger partial charge in [-0.3, -0.25) is 19.3 Å². The van der Waals surface area contributed by atoms with Gasteiger partial charge in [-0.2, -0.15) is 0 Å². The first-order valence-electron chi connectivity index (χ1n) is 4.93. The summed E-state index contributed by atoms with van der Waals surface area (Å²) in [4.78, 5) is 35.6. The molecule has 0 spiro atoms. The lowest BCUT2D eigenvalue weighted by atomic mass is 10.1. The maximum absolute atomic E-state index is 11.8. The molecule has 1 aromatic rings. The summed E-state index contributed by atoms with van der Waals surface area (Å²) in [5, 5.41) is 2.38. The van der Waals surface area contributed by atoms with Crippen molar-refractivity contribution in [3.8, 4) is 0 Å². The van der Waals surface area contributed by atoms with Gasteiger partial charge < -0.3 is 5.32 Å². The summed E-state index contributed by atoms with van der Waals surface area (Å²) in [5.74, 6) is -1.44. The Hall–Kier alpha value is -1.88. The second kappa shape index (κ2) is 4.55. The molecule has 1 N–H and O–H groups in total. The van der Waals surface area contributed by atoms with Crippen molar-refractivity contribution < 1.29 is 14.4 Å². The fraction of sp³-hybridized carbons (Fsp3) is 0.182. The van der Waals surface area contributed by atoms with Crippen LogP contribution in [-0.2, 0) is 4.79 Å². The number of hydrogen-bond donors (Lipinski definition) is 1. The van der Waals surface area contributed by atoms with Crippen LogP contribution >= 0.6 is 11.6 Å². The first-order chi connectivity index (χ1) is 8.15. The van der Waals surface area contributed by atoms with Crippen molar-refractivity contribution in [2.24, 2.45) is 0 Å². The van der Waals surface area contributed by atoms with Crippen LogP contribution in [0.2, 0.25) is 0 Å². The molecule has 0 fully saturated rings. The Bertz CT molecular complexity index is 466. The Morgan fingerprint density at radius 1 is 1.18 bits per heavy atom. The maximum atomic E-state index is 11.8. The third kappa shape index (κ3) is 2.01. The van der Waals surface area contributed by atoms with Gasteiger partial charge in [-0.1, -0.05) is 12.1 Å². The molecule has 0 bridgehead atoms. The number of fused-ring (bicyclic) bond motifs is 1. The molecule has 0 saturated heterocycles. The highest BCUT2D eigenvalue weighted by molar-refractivity contribution is 6.27. The third-order valence-electron chi connectivity index (χ3n) is 2.43. The molecule has 0 aliphatic carbocycles. The molecule has 0 aromatic heterocycles. The van der Waals surface area contributed by atoms with Crippen LogP contribution in [0.5, 0.6) is 0 Å². The topological polar surface area (TPSA) is 66.5 Å². The minimum Gasteiger partial charge on any atom is -0.337 e. The van der Waals surface area contributed by atoms with Crippen LogP contribution in [-0.4, -0.2) is 35.2 Å². The van der Waals surface area contributed by atoms with E-state index in [4.69, 9.17) is 11.6 Å². The molecule has 1 aliphatic heterocycles. The van der Waals surface area contributed by atoms with Gasteiger partial charge in [-0.15, -0.1) is 11.6 Å². The van der Waals surface area contributed by atoms with E-state index in [1.54, 1.807) is 24.3 Å². The normalized spacial score (nSPS) is 13.8. The highest BCUT2D eigenvalue weighted by atomic mass is 35.5. The monoisotopic (exact) mass is 252 g/mol. The van der Waals surface area contributed by atoms with Crippen LogP contribution in [0.15, 0.2) is 24.3 Å². The summed E-state index contributed by atoms with van der Waals surface area (Å²) in [6, 6.07) is 6.54. The highest BCUT2D eigenvalue weighted by Crippen LogP contribution is 2.21. The quantitative estimate of drug-likeness (QED) is 0.633. The summed E-state index contributed by atoms with van der Waals surface area (Å²) in [5.41, 5.74) is 0.718. The number of imide groups is 1. The Kier molecular flexibility index (Phi) is 3.10. The van der Waals surface area contributed by atoms with Crippen molar-refractivity contribution in [2.75, 3.05) is 12.5 Å². The van der Waals surface area contributed by atoms with E-state index in [0.717, 1.165) is 4.90 Å².